The van der Waals surface area contributed by atoms with Gasteiger partial charge in [0, 0.05) is 39.3 Å². The first-order valence-electron chi connectivity index (χ1n) is 8.87. The molecule has 0 radical (unpaired) electrons. The molecule has 3 rings (SSSR count). The summed E-state index contributed by atoms with van der Waals surface area (Å²) in [7, 11) is 3.45. The van der Waals surface area contributed by atoms with Crippen LogP contribution in [0, 0.1) is 0 Å². The van der Waals surface area contributed by atoms with E-state index in [1.807, 2.05) is 24.3 Å². The number of nitrogens with zero attached hydrogens (tertiary/aromatic N) is 3. The summed E-state index contributed by atoms with van der Waals surface area (Å²) in [5, 5.41) is 0. The van der Waals surface area contributed by atoms with Gasteiger partial charge in [-0.25, -0.2) is 0 Å². The van der Waals surface area contributed by atoms with Gasteiger partial charge in [-0.05, 0) is 37.0 Å². The number of carbonyl (C=O) groups is 3. The molecule has 1 aromatic rings. The molecule has 0 N–H and O–H groups in total. The van der Waals surface area contributed by atoms with Crippen LogP contribution < -0.4 is 4.90 Å². The summed E-state index contributed by atoms with van der Waals surface area (Å²) < 4.78 is 0. The summed E-state index contributed by atoms with van der Waals surface area (Å²) in [4.78, 5) is 41.7. The molecule has 2 heterocycles. The Morgan fingerprint density at radius 1 is 1.12 bits per heavy atom. The van der Waals surface area contributed by atoms with Gasteiger partial charge < -0.3 is 14.7 Å². The second kappa shape index (κ2) is 7.25. The highest BCUT2D eigenvalue weighted by atomic mass is 16.2. The minimum Gasteiger partial charge on any atom is -0.347 e. The van der Waals surface area contributed by atoms with Crippen molar-refractivity contribution in [1.82, 2.24) is 9.80 Å². The Balaban J connectivity index is 1.64. The van der Waals surface area contributed by atoms with Crippen LogP contribution in [0.5, 0.6) is 0 Å². The molecule has 0 saturated carbocycles. The predicted molar refractivity (Wildman–Crippen MR) is 95.2 cm³/mol. The van der Waals surface area contributed by atoms with E-state index in [0.717, 1.165) is 37.1 Å². The summed E-state index contributed by atoms with van der Waals surface area (Å²) in [5.41, 5.74) is 1.80. The van der Waals surface area contributed by atoms with Crippen molar-refractivity contribution in [1.29, 1.82) is 0 Å². The van der Waals surface area contributed by atoms with Gasteiger partial charge in [0.1, 0.15) is 6.04 Å². The number of carbonyl (C=O) groups excluding carboxylic acids is 3. The molecule has 2 saturated heterocycles. The van der Waals surface area contributed by atoms with Crippen LogP contribution in [0.4, 0.5) is 5.69 Å². The van der Waals surface area contributed by atoms with Gasteiger partial charge in [0.05, 0.1) is 6.42 Å². The number of hydrogen-bond acceptors (Lipinski definition) is 3. The number of anilines is 1. The van der Waals surface area contributed by atoms with Gasteiger partial charge in [0.2, 0.25) is 17.7 Å². The van der Waals surface area contributed by atoms with Gasteiger partial charge in [0.15, 0.2) is 0 Å². The predicted octanol–water partition coefficient (Wildman–Crippen LogP) is 1.44. The fourth-order valence-electron chi connectivity index (χ4n) is 3.61. The molecule has 1 aromatic carbocycles. The van der Waals surface area contributed by atoms with Crippen molar-refractivity contribution in [2.24, 2.45) is 0 Å². The summed E-state index contributed by atoms with van der Waals surface area (Å²) in [5.74, 6) is 0.141. The van der Waals surface area contributed by atoms with E-state index in [0.29, 0.717) is 13.0 Å². The van der Waals surface area contributed by atoms with Crippen molar-refractivity contribution >= 4 is 23.4 Å². The lowest BCUT2D eigenvalue weighted by molar-refractivity contribution is -0.141. The van der Waals surface area contributed by atoms with Crippen molar-refractivity contribution in [3.63, 3.8) is 0 Å². The highest BCUT2D eigenvalue weighted by Crippen LogP contribution is 2.23. The summed E-state index contributed by atoms with van der Waals surface area (Å²) >= 11 is 0. The van der Waals surface area contributed by atoms with E-state index < -0.39 is 0 Å². The maximum Gasteiger partial charge on any atom is 0.244 e. The molecule has 6 nitrogen and oxygen atoms in total. The van der Waals surface area contributed by atoms with Crippen molar-refractivity contribution < 1.29 is 14.4 Å². The molecule has 1 atom stereocenters. The lowest BCUT2D eigenvalue weighted by atomic mass is 10.1. The molecule has 0 spiro atoms. The van der Waals surface area contributed by atoms with Crippen LogP contribution in [0.2, 0.25) is 0 Å². The normalized spacial score (nSPS) is 20.2. The number of hydrogen-bond donors (Lipinski definition) is 0. The molecule has 0 aliphatic carbocycles. The maximum absolute atomic E-state index is 12.6. The standard InChI is InChI=1S/C19H25N3O3/c1-20(2)19(25)16-5-3-12-22(16)18(24)13-14-7-9-15(10-8-14)21-11-4-6-17(21)23/h7-10,16H,3-6,11-13H2,1-2H3. The monoisotopic (exact) mass is 343 g/mol. The molecule has 2 aliphatic heterocycles. The molecule has 3 amide bonds. The second-order valence-corrected chi connectivity index (χ2v) is 6.97. The zero-order valence-electron chi connectivity index (χ0n) is 14.9. The Bertz CT molecular complexity index is 669. The number of amides is 3. The first-order chi connectivity index (χ1) is 12.0. The molecular weight excluding hydrogens is 318 g/mol. The fourth-order valence-corrected chi connectivity index (χ4v) is 3.61. The zero-order valence-corrected chi connectivity index (χ0v) is 14.9. The number of likely N-dealkylation sites (N-methyl/N-ethyl adjacent to an activating group) is 1. The minimum absolute atomic E-state index is 0.00579. The Morgan fingerprint density at radius 2 is 1.84 bits per heavy atom. The van der Waals surface area contributed by atoms with E-state index in [4.69, 9.17) is 0 Å². The Hall–Kier alpha value is -2.37. The van der Waals surface area contributed by atoms with Crippen LogP contribution in [-0.2, 0) is 20.8 Å². The number of likely N-dealkylation sites (tertiary alicyclic amines) is 1. The number of rotatable bonds is 4. The van der Waals surface area contributed by atoms with Crippen LogP contribution in [0.1, 0.15) is 31.2 Å². The molecule has 6 heteroatoms. The molecular formula is C19H25N3O3. The fraction of sp³-hybridized carbons (Fsp3) is 0.526. The van der Waals surface area contributed by atoms with Gasteiger partial charge in [-0.1, -0.05) is 12.1 Å². The highest BCUT2D eigenvalue weighted by molar-refractivity contribution is 5.95. The lowest BCUT2D eigenvalue weighted by Crippen LogP contribution is -2.45. The van der Waals surface area contributed by atoms with E-state index in [9.17, 15) is 14.4 Å². The van der Waals surface area contributed by atoms with Crippen LogP contribution in [0.3, 0.4) is 0 Å². The molecule has 25 heavy (non-hydrogen) atoms. The van der Waals surface area contributed by atoms with Gasteiger partial charge in [-0.3, -0.25) is 14.4 Å². The maximum atomic E-state index is 12.6. The average Bonchev–Trinajstić information content (AvgIpc) is 3.23. The first kappa shape index (κ1) is 17.5. The third-order valence-electron chi connectivity index (χ3n) is 4.98. The van der Waals surface area contributed by atoms with Crippen molar-refractivity contribution in [2.75, 3.05) is 32.1 Å². The van der Waals surface area contributed by atoms with E-state index in [1.54, 1.807) is 28.8 Å². The smallest absolute Gasteiger partial charge is 0.244 e. The van der Waals surface area contributed by atoms with Crippen LogP contribution in [0.25, 0.3) is 0 Å². The topological polar surface area (TPSA) is 60.9 Å². The Labute approximate surface area is 148 Å². The molecule has 134 valence electrons. The van der Waals surface area contributed by atoms with Crippen molar-refractivity contribution in [3.8, 4) is 0 Å². The quantitative estimate of drug-likeness (QED) is 0.831. The largest absolute Gasteiger partial charge is 0.347 e. The van der Waals surface area contributed by atoms with Gasteiger partial charge in [-0.15, -0.1) is 0 Å². The SMILES string of the molecule is CN(C)C(=O)C1CCCN1C(=O)Cc1ccc(N2CCCC2=O)cc1. The lowest BCUT2D eigenvalue weighted by Gasteiger charge is -2.26. The highest BCUT2D eigenvalue weighted by Gasteiger charge is 2.34. The van der Waals surface area contributed by atoms with Gasteiger partial charge >= 0.3 is 0 Å². The third kappa shape index (κ3) is 3.67. The zero-order chi connectivity index (χ0) is 18.0. The number of benzene rings is 1. The van der Waals surface area contributed by atoms with E-state index in [1.165, 1.54) is 0 Å². The molecule has 0 aromatic heterocycles. The molecule has 1 unspecified atom stereocenters. The van der Waals surface area contributed by atoms with E-state index in [-0.39, 0.29) is 30.2 Å². The Kier molecular flexibility index (Phi) is 5.06. The third-order valence-corrected chi connectivity index (χ3v) is 4.98. The molecule has 0 bridgehead atoms. The second-order valence-electron chi connectivity index (χ2n) is 6.97. The van der Waals surface area contributed by atoms with E-state index in [2.05, 4.69) is 0 Å². The van der Waals surface area contributed by atoms with Crippen molar-refractivity contribution in [2.45, 2.75) is 38.1 Å². The van der Waals surface area contributed by atoms with Crippen LogP contribution in [0.15, 0.2) is 24.3 Å². The molecule has 2 fully saturated rings. The van der Waals surface area contributed by atoms with Gasteiger partial charge in [0.25, 0.3) is 0 Å². The van der Waals surface area contributed by atoms with Crippen LogP contribution in [-0.4, -0.2) is 60.7 Å². The minimum atomic E-state index is -0.330. The van der Waals surface area contributed by atoms with Crippen LogP contribution >= 0.6 is 0 Å². The summed E-state index contributed by atoms with van der Waals surface area (Å²) in [6.07, 6.45) is 3.39. The average molecular weight is 343 g/mol. The summed E-state index contributed by atoms with van der Waals surface area (Å²) in [6.45, 7) is 1.41. The first-order valence-corrected chi connectivity index (χ1v) is 8.87. The summed E-state index contributed by atoms with van der Waals surface area (Å²) in [6, 6.07) is 7.27. The van der Waals surface area contributed by atoms with E-state index >= 15 is 0 Å². The van der Waals surface area contributed by atoms with Gasteiger partial charge in [-0.2, -0.15) is 0 Å². The molecule has 2 aliphatic rings. The van der Waals surface area contributed by atoms with Crippen molar-refractivity contribution in [3.05, 3.63) is 29.8 Å². The Morgan fingerprint density at radius 3 is 2.44 bits per heavy atom.